The summed E-state index contributed by atoms with van der Waals surface area (Å²) in [6.07, 6.45) is 0.679. The Morgan fingerprint density at radius 3 is 3.06 bits per heavy atom. The number of hydrogen-bond acceptors (Lipinski definition) is 5. The average Bonchev–Trinajstić information content (AvgIpc) is 2.63. The molecule has 7 heteroatoms. The molecular weight excluding hydrogens is 250 g/mol. The van der Waals surface area contributed by atoms with Gasteiger partial charge in [0, 0.05) is 13.1 Å². The van der Waals surface area contributed by atoms with Crippen LogP contribution in [0.3, 0.4) is 0 Å². The third-order valence-electron chi connectivity index (χ3n) is 2.45. The number of carbonyl (C=O) groups is 2. The lowest BCUT2D eigenvalue weighted by Crippen LogP contribution is -2.54. The van der Waals surface area contributed by atoms with Crippen molar-refractivity contribution in [3.05, 3.63) is 10.0 Å². The molecule has 1 saturated heterocycles. The molecule has 0 bridgehead atoms. The number of aromatic nitrogens is 1. The molecule has 1 aliphatic rings. The number of nitrogens with zero attached hydrogens (tertiary/aromatic N) is 2. The molecule has 1 N–H and O–H groups in total. The number of rotatable bonds is 2. The molecule has 1 aromatic rings. The molecule has 5 nitrogen and oxygen atoms in total. The summed E-state index contributed by atoms with van der Waals surface area (Å²) < 4.78 is 0. The highest BCUT2D eigenvalue weighted by Crippen LogP contribution is 2.29. The number of carbonyl (C=O) groups excluding carboxylic acids is 2. The lowest BCUT2D eigenvalue weighted by Gasteiger charge is -2.32. The Kier molecular flexibility index (Phi) is 3.11. The highest BCUT2D eigenvalue weighted by Gasteiger charge is 2.28. The lowest BCUT2D eigenvalue weighted by atomic mass is 10.2. The van der Waals surface area contributed by atoms with Gasteiger partial charge < -0.3 is 10.2 Å². The van der Waals surface area contributed by atoms with Crippen molar-refractivity contribution < 1.29 is 9.59 Å². The molecule has 1 amide bonds. The summed E-state index contributed by atoms with van der Waals surface area (Å²) in [6.45, 7) is 3.05. The van der Waals surface area contributed by atoms with Gasteiger partial charge in [0.2, 0.25) is 5.91 Å². The van der Waals surface area contributed by atoms with E-state index in [4.69, 9.17) is 11.6 Å². The number of thiazole rings is 1. The van der Waals surface area contributed by atoms with E-state index in [1.165, 1.54) is 11.3 Å². The number of anilines is 1. The van der Waals surface area contributed by atoms with Crippen LogP contribution in [0.4, 0.5) is 5.13 Å². The fraction of sp³-hybridized carbons (Fsp3) is 0.444. The molecule has 0 aliphatic carbocycles. The third kappa shape index (κ3) is 1.90. The van der Waals surface area contributed by atoms with Gasteiger partial charge in [-0.25, -0.2) is 4.98 Å². The van der Waals surface area contributed by atoms with Crippen molar-refractivity contribution in [3.63, 3.8) is 0 Å². The van der Waals surface area contributed by atoms with Crippen molar-refractivity contribution >= 4 is 40.3 Å². The van der Waals surface area contributed by atoms with Gasteiger partial charge in [-0.15, -0.1) is 0 Å². The summed E-state index contributed by atoms with van der Waals surface area (Å²) in [7, 11) is 0. The van der Waals surface area contributed by atoms with Crippen LogP contribution in [0.2, 0.25) is 5.15 Å². The number of aldehydes is 1. The van der Waals surface area contributed by atoms with Gasteiger partial charge in [-0.05, 0) is 6.92 Å². The predicted octanol–water partition coefficient (Wildman–Crippen LogP) is 0.934. The maximum absolute atomic E-state index is 11.5. The Morgan fingerprint density at radius 1 is 1.69 bits per heavy atom. The minimum atomic E-state index is -0.282. The summed E-state index contributed by atoms with van der Waals surface area (Å²) in [5, 5.41) is 3.58. The first kappa shape index (κ1) is 11.3. The number of halogens is 1. The van der Waals surface area contributed by atoms with Crippen LogP contribution in [0.25, 0.3) is 0 Å². The van der Waals surface area contributed by atoms with Crippen LogP contribution in [0, 0.1) is 0 Å². The zero-order chi connectivity index (χ0) is 11.7. The summed E-state index contributed by atoms with van der Waals surface area (Å²) in [5.74, 6) is -0.0368. The van der Waals surface area contributed by atoms with E-state index in [1.54, 1.807) is 6.92 Å². The van der Waals surface area contributed by atoms with Gasteiger partial charge in [-0.3, -0.25) is 9.59 Å². The van der Waals surface area contributed by atoms with E-state index in [0.29, 0.717) is 29.4 Å². The SMILES string of the molecule is CC1C(=O)NCCN1c1nc(Cl)c(C=O)s1. The molecule has 0 saturated carbocycles. The van der Waals surface area contributed by atoms with E-state index in [2.05, 4.69) is 10.3 Å². The second-order valence-corrected chi connectivity index (χ2v) is 4.80. The molecule has 0 spiro atoms. The lowest BCUT2D eigenvalue weighted by molar-refractivity contribution is -0.122. The van der Waals surface area contributed by atoms with E-state index in [1.807, 2.05) is 4.90 Å². The monoisotopic (exact) mass is 259 g/mol. The molecular formula is C9H10ClN3O2S. The van der Waals surface area contributed by atoms with Gasteiger partial charge in [0.25, 0.3) is 0 Å². The van der Waals surface area contributed by atoms with Crippen molar-refractivity contribution in [2.24, 2.45) is 0 Å². The van der Waals surface area contributed by atoms with Crippen molar-refractivity contribution in [1.29, 1.82) is 0 Å². The maximum Gasteiger partial charge on any atom is 0.242 e. The molecule has 0 radical (unpaired) electrons. The topological polar surface area (TPSA) is 62.3 Å². The predicted molar refractivity (Wildman–Crippen MR) is 62.3 cm³/mol. The van der Waals surface area contributed by atoms with E-state index in [9.17, 15) is 9.59 Å². The molecule has 0 aromatic carbocycles. The molecule has 1 fully saturated rings. The van der Waals surface area contributed by atoms with E-state index >= 15 is 0 Å². The summed E-state index contributed by atoms with van der Waals surface area (Å²) in [6, 6.07) is -0.282. The quantitative estimate of drug-likeness (QED) is 0.803. The molecule has 86 valence electrons. The number of nitrogens with one attached hydrogen (secondary N) is 1. The minimum absolute atomic E-state index is 0.0368. The van der Waals surface area contributed by atoms with Crippen LogP contribution < -0.4 is 10.2 Å². The van der Waals surface area contributed by atoms with Gasteiger partial charge in [0.1, 0.15) is 10.9 Å². The first-order valence-corrected chi connectivity index (χ1v) is 5.99. The Bertz CT molecular complexity index is 434. The van der Waals surface area contributed by atoms with Gasteiger partial charge >= 0.3 is 0 Å². The normalized spacial score (nSPS) is 20.8. The maximum atomic E-state index is 11.5. The number of piperazine rings is 1. The Hall–Kier alpha value is -1.14. The van der Waals surface area contributed by atoms with Gasteiger partial charge in [0.15, 0.2) is 16.6 Å². The molecule has 2 heterocycles. The number of amides is 1. The molecule has 1 unspecified atom stereocenters. The molecule has 1 aromatic heterocycles. The van der Waals surface area contributed by atoms with Crippen LogP contribution in [-0.4, -0.2) is 36.3 Å². The average molecular weight is 260 g/mol. The van der Waals surface area contributed by atoms with Gasteiger partial charge in [0.05, 0.1) is 0 Å². The van der Waals surface area contributed by atoms with Crippen LogP contribution in [0.5, 0.6) is 0 Å². The molecule has 1 atom stereocenters. The Morgan fingerprint density at radius 2 is 2.44 bits per heavy atom. The van der Waals surface area contributed by atoms with E-state index < -0.39 is 0 Å². The van der Waals surface area contributed by atoms with Crippen molar-refractivity contribution in [2.45, 2.75) is 13.0 Å². The standard InChI is InChI=1S/C9H10ClN3O2S/c1-5-8(15)11-2-3-13(5)9-12-7(10)6(4-14)16-9/h4-5H,2-3H2,1H3,(H,11,15). The molecule has 1 aliphatic heterocycles. The van der Waals surface area contributed by atoms with Crippen LogP contribution in [-0.2, 0) is 4.79 Å². The number of hydrogen-bond donors (Lipinski definition) is 1. The van der Waals surface area contributed by atoms with Crippen molar-refractivity contribution in [1.82, 2.24) is 10.3 Å². The van der Waals surface area contributed by atoms with Crippen LogP contribution in [0.15, 0.2) is 0 Å². The van der Waals surface area contributed by atoms with Crippen molar-refractivity contribution in [3.8, 4) is 0 Å². The van der Waals surface area contributed by atoms with Gasteiger partial charge in [-0.1, -0.05) is 22.9 Å². The van der Waals surface area contributed by atoms with E-state index in [0.717, 1.165) is 0 Å². The zero-order valence-electron chi connectivity index (χ0n) is 8.57. The molecule has 16 heavy (non-hydrogen) atoms. The zero-order valence-corrected chi connectivity index (χ0v) is 10.1. The summed E-state index contributed by atoms with van der Waals surface area (Å²) in [5.41, 5.74) is 0. The van der Waals surface area contributed by atoms with Crippen molar-refractivity contribution in [2.75, 3.05) is 18.0 Å². The first-order chi connectivity index (χ1) is 7.63. The highest BCUT2D eigenvalue weighted by molar-refractivity contribution is 7.17. The van der Waals surface area contributed by atoms with Crippen LogP contribution >= 0.6 is 22.9 Å². The minimum Gasteiger partial charge on any atom is -0.353 e. The highest BCUT2D eigenvalue weighted by atomic mass is 35.5. The van der Waals surface area contributed by atoms with E-state index in [-0.39, 0.29) is 17.1 Å². The fourth-order valence-electron chi connectivity index (χ4n) is 1.54. The molecule has 2 rings (SSSR count). The second kappa shape index (κ2) is 4.39. The summed E-state index contributed by atoms with van der Waals surface area (Å²) >= 11 is 7.00. The van der Waals surface area contributed by atoms with Crippen LogP contribution in [0.1, 0.15) is 16.6 Å². The largest absolute Gasteiger partial charge is 0.353 e. The van der Waals surface area contributed by atoms with Gasteiger partial charge in [-0.2, -0.15) is 0 Å². The second-order valence-electron chi connectivity index (χ2n) is 3.43. The Balaban J connectivity index is 2.28. The summed E-state index contributed by atoms with van der Waals surface area (Å²) in [4.78, 5) is 28.5. The smallest absolute Gasteiger partial charge is 0.242 e. The third-order valence-corrected chi connectivity index (χ3v) is 3.87. The first-order valence-electron chi connectivity index (χ1n) is 4.79. The Labute approximate surface area is 101 Å². The fourth-order valence-corrected chi connectivity index (χ4v) is 2.71.